The normalized spacial score (nSPS) is 11.4. The Kier molecular flexibility index (Phi) is 5.11. The molecule has 0 aliphatic rings. The number of oxime groups is 1. The first-order chi connectivity index (χ1) is 8.99. The van der Waals surface area contributed by atoms with Gasteiger partial charge in [-0.15, -0.1) is 0 Å². The molecule has 19 heavy (non-hydrogen) atoms. The molecule has 0 heterocycles. The van der Waals surface area contributed by atoms with Crippen molar-refractivity contribution in [2.24, 2.45) is 10.9 Å². The van der Waals surface area contributed by atoms with Gasteiger partial charge in [0.15, 0.2) is 5.84 Å². The molecule has 0 spiro atoms. The Morgan fingerprint density at radius 3 is 2.74 bits per heavy atom. The molecule has 0 radical (unpaired) electrons. The van der Waals surface area contributed by atoms with Crippen LogP contribution in [0.5, 0.6) is 5.75 Å². The Bertz CT molecular complexity index is 491. The number of rotatable bonds is 5. The molecule has 4 N–H and O–H groups in total. The van der Waals surface area contributed by atoms with Gasteiger partial charge in [0, 0.05) is 12.6 Å². The second kappa shape index (κ2) is 6.58. The van der Waals surface area contributed by atoms with Crippen LogP contribution in [0.25, 0.3) is 0 Å². The van der Waals surface area contributed by atoms with E-state index < -0.39 is 11.7 Å². The summed E-state index contributed by atoms with van der Waals surface area (Å²) in [4.78, 5) is 13.4. The Morgan fingerprint density at radius 1 is 1.53 bits per heavy atom. The Balaban J connectivity index is 2.98. The lowest BCUT2D eigenvalue weighted by atomic mass is 10.1. The van der Waals surface area contributed by atoms with Crippen LogP contribution in [0.4, 0.5) is 4.39 Å². The first-order valence-electron chi connectivity index (χ1n) is 5.73. The number of amides is 1. The van der Waals surface area contributed by atoms with Gasteiger partial charge in [-0.3, -0.25) is 4.79 Å². The third-order valence-corrected chi connectivity index (χ3v) is 2.45. The van der Waals surface area contributed by atoms with Gasteiger partial charge >= 0.3 is 0 Å². The lowest BCUT2D eigenvalue weighted by Gasteiger charge is -2.21. The Hall–Kier alpha value is -2.31. The Labute approximate surface area is 109 Å². The molecule has 0 saturated carbocycles. The van der Waals surface area contributed by atoms with Crippen molar-refractivity contribution in [2.75, 3.05) is 13.1 Å². The molecular weight excluding hydrogens is 253 g/mol. The topological polar surface area (TPSA) is 99.1 Å². The third kappa shape index (κ3) is 3.84. The molecule has 0 aliphatic heterocycles. The van der Waals surface area contributed by atoms with Crippen molar-refractivity contribution in [1.82, 2.24) is 4.90 Å². The van der Waals surface area contributed by atoms with Gasteiger partial charge in [-0.1, -0.05) is 12.1 Å². The molecule has 1 aromatic carbocycles. The van der Waals surface area contributed by atoms with Crippen LogP contribution in [0.2, 0.25) is 0 Å². The average molecular weight is 269 g/mol. The molecule has 1 rings (SSSR count). The number of nitrogens with zero attached hydrogens (tertiary/aromatic N) is 2. The predicted molar refractivity (Wildman–Crippen MR) is 67.7 cm³/mol. The number of carbonyl (C=O) groups is 1. The number of carbonyl (C=O) groups excluding carboxylic acids is 1. The fourth-order valence-electron chi connectivity index (χ4n) is 1.60. The largest absolute Gasteiger partial charge is 0.508 e. The first-order valence-corrected chi connectivity index (χ1v) is 5.73. The Morgan fingerprint density at radius 2 is 2.21 bits per heavy atom. The lowest BCUT2D eigenvalue weighted by Crippen LogP contribution is -2.39. The minimum absolute atomic E-state index is 0.0938. The van der Waals surface area contributed by atoms with Crippen molar-refractivity contribution in [2.45, 2.75) is 13.3 Å². The lowest BCUT2D eigenvalue weighted by molar-refractivity contribution is 0.0773. The fraction of sp³-hybridized carbons (Fsp3) is 0.333. The van der Waals surface area contributed by atoms with Crippen molar-refractivity contribution in [3.8, 4) is 5.75 Å². The molecule has 1 amide bonds. The van der Waals surface area contributed by atoms with Crippen LogP contribution in [-0.2, 0) is 0 Å². The van der Waals surface area contributed by atoms with Crippen molar-refractivity contribution >= 4 is 11.7 Å². The number of halogens is 1. The van der Waals surface area contributed by atoms with Crippen LogP contribution in [0.15, 0.2) is 23.4 Å². The SMILES string of the molecule is CCCN(C/C(N)=N/O)C(=O)c1ccc(O)cc1F. The van der Waals surface area contributed by atoms with E-state index in [1.54, 1.807) is 0 Å². The third-order valence-electron chi connectivity index (χ3n) is 2.45. The van der Waals surface area contributed by atoms with E-state index in [0.717, 1.165) is 6.07 Å². The minimum Gasteiger partial charge on any atom is -0.508 e. The number of hydrogen-bond acceptors (Lipinski definition) is 4. The number of benzene rings is 1. The van der Waals surface area contributed by atoms with Gasteiger partial charge in [-0.25, -0.2) is 4.39 Å². The van der Waals surface area contributed by atoms with E-state index in [9.17, 15) is 9.18 Å². The second-order valence-electron chi connectivity index (χ2n) is 3.98. The standard InChI is InChI=1S/C12H16FN3O3/c1-2-5-16(7-11(14)15-19)12(18)9-4-3-8(17)6-10(9)13/h3-4,6,17,19H,2,5,7H2,1H3,(H2,14,15). The summed E-state index contributed by atoms with van der Waals surface area (Å²) in [7, 11) is 0. The molecule has 0 aliphatic carbocycles. The van der Waals surface area contributed by atoms with Gasteiger partial charge in [0.2, 0.25) is 0 Å². The zero-order valence-electron chi connectivity index (χ0n) is 10.5. The summed E-state index contributed by atoms with van der Waals surface area (Å²) in [6.07, 6.45) is 0.643. The van der Waals surface area contributed by atoms with E-state index in [0.29, 0.717) is 13.0 Å². The van der Waals surface area contributed by atoms with Crippen molar-refractivity contribution in [3.05, 3.63) is 29.6 Å². The van der Waals surface area contributed by atoms with E-state index in [1.807, 2.05) is 6.92 Å². The molecule has 6 nitrogen and oxygen atoms in total. The van der Waals surface area contributed by atoms with Crippen molar-refractivity contribution in [1.29, 1.82) is 0 Å². The van der Waals surface area contributed by atoms with Gasteiger partial charge in [-0.05, 0) is 18.6 Å². The summed E-state index contributed by atoms with van der Waals surface area (Å²) in [6, 6.07) is 3.28. The summed E-state index contributed by atoms with van der Waals surface area (Å²) >= 11 is 0. The minimum atomic E-state index is -0.814. The zero-order chi connectivity index (χ0) is 14.4. The van der Waals surface area contributed by atoms with E-state index in [1.165, 1.54) is 17.0 Å². The van der Waals surface area contributed by atoms with Crippen LogP contribution < -0.4 is 5.73 Å². The van der Waals surface area contributed by atoms with Gasteiger partial charge < -0.3 is 20.9 Å². The molecule has 0 unspecified atom stereocenters. The van der Waals surface area contributed by atoms with Crippen LogP contribution >= 0.6 is 0 Å². The summed E-state index contributed by atoms with van der Waals surface area (Å²) in [5, 5.41) is 20.4. The maximum absolute atomic E-state index is 13.6. The summed E-state index contributed by atoms with van der Waals surface area (Å²) < 4.78 is 13.6. The molecule has 0 atom stereocenters. The van der Waals surface area contributed by atoms with E-state index in [4.69, 9.17) is 16.0 Å². The van der Waals surface area contributed by atoms with Crippen molar-refractivity contribution < 1.29 is 19.5 Å². The highest BCUT2D eigenvalue weighted by Gasteiger charge is 2.20. The monoisotopic (exact) mass is 269 g/mol. The molecule has 0 aromatic heterocycles. The van der Waals surface area contributed by atoms with E-state index >= 15 is 0 Å². The molecular formula is C12H16FN3O3. The number of nitrogens with two attached hydrogens (primary N) is 1. The van der Waals surface area contributed by atoms with Crippen LogP contribution in [-0.4, -0.2) is 40.0 Å². The second-order valence-corrected chi connectivity index (χ2v) is 3.98. The van der Waals surface area contributed by atoms with Crippen LogP contribution in [0.3, 0.4) is 0 Å². The highest BCUT2D eigenvalue weighted by molar-refractivity contribution is 5.97. The highest BCUT2D eigenvalue weighted by Crippen LogP contribution is 2.16. The van der Waals surface area contributed by atoms with Crippen molar-refractivity contribution in [3.63, 3.8) is 0 Å². The predicted octanol–water partition coefficient (Wildman–Crippen LogP) is 1.13. The quantitative estimate of drug-likeness (QED) is 0.323. The van der Waals surface area contributed by atoms with Gasteiger partial charge in [0.25, 0.3) is 5.91 Å². The van der Waals surface area contributed by atoms with Gasteiger partial charge in [0.05, 0.1) is 12.1 Å². The number of amidine groups is 1. The fourth-order valence-corrected chi connectivity index (χ4v) is 1.60. The summed E-state index contributed by atoms with van der Waals surface area (Å²) in [6.45, 7) is 2.10. The number of phenols is 1. The molecule has 1 aromatic rings. The maximum Gasteiger partial charge on any atom is 0.257 e. The molecule has 0 bridgehead atoms. The number of phenolic OH excluding ortho intramolecular Hbond substituents is 1. The average Bonchev–Trinajstić information content (AvgIpc) is 2.37. The summed E-state index contributed by atoms with van der Waals surface area (Å²) in [5.41, 5.74) is 5.19. The van der Waals surface area contributed by atoms with E-state index in [2.05, 4.69) is 5.16 Å². The van der Waals surface area contributed by atoms with Crippen LogP contribution in [0, 0.1) is 5.82 Å². The zero-order valence-corrected chi connectivity index (χ0v) is 10.5. The molecule has 0 fully saturated rings. The summed E-state index contributed by atoms with van der Waals surface area (Å²) in [5.74, 6) is -1.79. The number of aromatic hydroxyl groups is 1. The van der Waals surface area contributed by atoms with Crippen LogP contribution in [0.1, 0.15) is 23.7 Å². The van der Waals surface area contributed by atoms with Gasteiger partial charge in [-0.2, -0.15) is 0 Å². The molecule has 7 heteroatoms. The number of hydrogen-bond donors (Lipinski definition) is 3. The highest BCUT2D eigenvalue weighted by atomic mass is 19.1. The smallest absolute Gasteiger partial charge is 0.257 e. The molecule has 0 saturated heterocycles. The van der Waals surface area contributed by atoms with E-state index in [-0.39, 0.29) is 23.7 Å². The first kappa shape index (κ1) is 14.7. The maximum atomic E-state index is 13.6. The molecule has 104 valence electrons. The van der Waals surface area contributed by atoms with Gasteiger partial charge in [0.1, 0.15) is 11.6 Å².